The van der Waals surface area contributed by atoms with E-state index in [1.807, 2.05) is 0 Å². The molecule has 2 rings (SSSR count). The Hall–Kier alpha value is -2.96. The molecule has 1 aromatic carbocycles. The van der Waals surface area contributed by atoms with Gasteiger partial charge in [0.05, 0.1) is 23.8 Å². The lowest BCUT2D eigenvalue weighted by Gasteiger charge is -2.19. The van der Waals surface area contributed by atoms with Gasteiger partial charge in [-0.05, 0) is 32.0 Å². The molecular weight excluding hydrogens is 353 g/mol. The van der Waals surface area contributed by atoms with Crippen LogP contribution in [0.3, 0.4) is 0 Å². The predicted octanol–water partition coefficient (Wildman–Crippen LogP) is 3.06. The summed E-state index contributed by atoms with van der Waals surface area (Å²) in [6.07, 6.45) is -4.79. The van der Waals surface area contributed by atoms with Crippen LogP contribution >= 0.6 is 0 Å². The van der Waals surface area contributed by atoms with Crippen molar-refractivity contribution in [2.75, 3.05) is 11.9 Å². The fraction of sp³-hybridized carbons (Fsp3) is 0.438. The highest BCUT2D eigenvalue weighted by Crippen LogP contribution is 2.34. The fourth-order valence-electron chi connectivity index (χ4n) is 2.38. The molecule has 0 fully saturated rings. The molecule has 0 spiro atoms. The highest BCUT2D eigenvalue weighted by Gasteiger charge is 2.44. The summed E-state index contributed by atoms with van der Waals surface area (Å²) in [5.74, 6) is -1.34. The minimum absolute atomic E-state index is 0.0555. The van der Waals surface area contributed by atoms with Gasteiger partial charge in [0, 0.05) is 12.1 Å². The number of rotatable bonds is 4. The van der Waals surface area contributed by atoms with Gasteiger partial charge in [0.25, 0.3) is 5.91 Å². The normalized spacial score (nSPS) is 21.9. The molecule has 1 N–H and O–H groups in total. The highest BCUT2D eigenvalue weighted by molar-refractivity contribution is 5.99. The molecule has 1 aliphatic rings. The van der Waals surface area contributed by atoms with Crippen molar-refractivity contribution in [1.82, 2.24) is 0 Å². The molecule has 0 bridgehead atoms. The van der Waals surface area contributed by atoms with Crippen LogP contribution < -0.4 is 5.32 Å². The van der Waals surface area contributed by atoms with E-state index >= 15 is 0 Å². The topological polar surface area (TPSA) is 104 Å². The number of nitrogens with one attached hydrogen (secondary N) is 1. The average Bonchev–Trinajstić information content (AvgIpc) is 2.98. The molecule has 1 aromatic rings. The maximum absolute atomic E-state index is 13.0. The van der Waals surface area contributed by atoms with E-state index in [9.17, 15) is 22.8 Å². The molecule has 2 unspecified atom stereocenters. The molecule has 10 heteroatoms. The van der Waals surface area contributed by atoms with Crippen molar-refractivity contribution in [3.63, 3.8) is 0 Å². The van der Waals surface area contributed by atoms with E-state index in [0.29, 0.717) is 6.07 Å². The lowest BCUT2D eigenvalue weighted by Crippen LogP contribution is -2.39. The number of halogens is 3. The second-order valence-corrected chi connectivity index (χ2v) is 5.79. The lowest BCUT2D eigenvalue weighted by atomic mass is 9.94. The molecule has 0 aliphatic carbocycles. The van der Waals surface area contributed by atoms with Gasteiger partial charge in [-0.1, -0.05) is 0 Å². The first-order chi connectivity index (χ1) is 12.1. The molecule has 1 heterocycles. The van der Waals surface area contributed by atoms with Crippen molar-refractivity contribution in [2.45, 2.75) is 38.0 Å². The van der Waals surface area contributed by atoms with Crippen molar-refractivity contribution in [2.24, 2.45) is 10.2 Å². The number of nitrogens with zero attached hydrogens (tertiary/aromatic N) is 3. The summed E-state index contributed by atoms with van der Waals surface area (Å²) >= 11 is 0. The summed E-state index contributed by atoms with van der Waals surface area (Å²) in [6.45, 7) is 3.19. The third-order valence-corrected chi connectivity index (χ3v) is 3.76. The highest BCUT2D eigenvalue weighted by atomic mass is 19.4. The second kappa shape index (κ2) is 7.11. The van der Waals surface area contributed by atoms with Crippen molar-refractivity contribution in [1.29, 1.82) is 5.26 Å². The third kappa shape index (κ3) is 3.99. The van der Waals surface area contributed by atoms with Crippen molar-refractivity contribution >= 4 is 17.6 Å². The van der Waals surface area contributed by atoms with E-state index in [4.69, 9.17) is 10.00 Å². The first-order valence-electron chi connectivity index (χ1n) is 7.62. The van der Waals surface area contributed by atoms with Crippen molar-refractivity contribution < 1.29 is 27.5 Å². The fourth-order valence-corrected chi connectivity index (χ4v) is 2.38. The predicted molar refractivity (Wildman–Crippen MR) is 83.1 cm³/mol. The van der Waals surface area contributed by atoms with Crippen LogP contribution in [0.4, 0.5) is 18.9 Å². The Morgan fingerprint density at radius 1 is 1.46 bits per heavy atom. The molecule has 2 atom stereocenters. The standard InChI is InChI=1S/C16H15F3N4O3/c1-3-26-13(24)12-7-15(2,23-22-12)14(25)21-10-5-4-9(8-20)11(6-10)16(17,18)19/h4-6,12H,3,7H2,1-2H3,(H,21,25). The van der Waals surface area contributed by atoms with Crippen LogP contribution in [0.5, 0.6) is 0 Å². The van der Waals surface area contributed by atoms with Gasteiger partial charge in [-0.15, -0.1) is 0 Å². The molecule has 0 saturated carbocycles. The van der Waals surface area contributed by atoms with Gasteiger partial charge in [0.1, 0.15) is 0 Å². The Balaban J connectivity index is 2.17. The number of azo groups is 1. The summed E-state index contributed by atoms with van der Waals surface area (Å²) in [6, 6.07) is 3.36. The number of nitriles is 1. The second-order valence-electron chi connectivity index (χ2n) is 5.79. The smallest absolute Gasteiger partial charge is 0.417 e. The van der Waals surface area contributed by atoms with Gasteiger partial charge in [0.2, 0.25) is 0 Å². The average molecular weight is 368 g/mol. The number of carbonyl (C=O) groups is 2. The quantitative estimate of drug-likeness (QED) is 0.825. The van der Waals surface area contributed by atoms with E-state index in [1.54, 1.807) is 6.92 Å². The molecule has 1 amide bonds. The van der Waals surface area contributed by atoms with Gasteiger partial charge >= 0.3 is 12.1 Å². The molecular formula is C16H15F3N4O3. The van der Waals surface area contributed by atoms with Crippen LogP contribution in [0, 0.1) is 11.3 Å². The Bertz CT molecular complexity index is 801. The van der Waals surface area contributed by atoms with Crippen molar-refractivity contribution in [3.05, 3.63) is 29.3 Å². The summed E-state index contributed by atoms with van der Waals surface area (Å²) in [4.78, 5) is 24.1. The van der Waals surface area contributed by atoms with E-state index in [0.717, 1.165) is 6.07 Å². The monoisotopic (exact) mass is 368 g/mol. The van der Waals surface area contributed by atoms with Gasteiger partial charge in [-0.2, -0.15) is 28.7 Å². The van der Waals surface area contributed by atoms with Crippen LogP contribution in [0.25, 0.3) is 0 Å². The number of ether oxygens (including phenoxy) is 1. The number of hydrogen-bond acceptors (Lipinski definition) is 6. The van der Waals surface area contributed by atoms with Crippen LogP contribution in [0.2, 0.25) is 0 Å². The van der Waals surface area contributed by atoms with Gasteiger partial charge < -0.3 is 10.1 Å². The molecule has 26 heavy (non-hydrogen) atoms. The van der Waals surface area contributed by atoms with E-state index in [2.05, 4.69) is 15.5 Å². The first-order valence-corrected chi connectivity index (χ1v) is 7.62. The minimum Gasteiger partial charge on any atom is -0.464 e. The van der Waals surface area contributed by atoms with Crippen LogP contribution in [0.15, 0.2) is 28.4 Å². The molecule has 138 valence electrons. The molecule has 0 aromatic heterocycles. The lowest BCUT2D eigenvalue weighted by molar-refractivity contribution is -0.144. The molecule has 0 saturated heterocycles. The third-order valence-electron chi connectivity index (χ3n) is 3.76. The number of benzene rings is 1. The number of esters is 1. The van der Waals surface area contributed by atoms with Crippen LogP contribution in [0.1, 0.15) is 31.4 Å². The molecule has 0 radical (unpaired) electrons. The Kier molecular flexibility index (Phi) is 5.30. The Morgan fingerprint density at radius 2 is 2.15 bits per heavy atom. The zero-order valence-electron chi connectivity index (χ0n) is 13.9. The van der Waals surface area contributed by atoms with E-state index in [-0.39, 0.29) is 18.7 Å². The van der Waals surface area contributed by atoms with Gasteiger partial charge in [-0.25, -0.2) is 4.79 Å². The SMILES string of the molecule is CCOC(=O)C1CC(C)(C(=O)Nc2ccc(C#N)c(C(F)(F)F)c2)N=N1. The molecule has 1 aliphatic heterocycles. The maximum atomic E-state index is 13.0. The number of anilines is 1. The zero-order chi connectivity index (χ0) is 19.5. The van der Waals surface area contributed by atoms with E-state index in [1.165, 1.54) is 19.1 Å². The maximum Gasteiger partial charge on any atom is 0.417 e. The Labute approximate surface area is 146 Å². The summed E-state index contributed by atoms with van der Waals surface area (Å²) in [7, 11) is 0. The Morgan fingerprint density at radius 3 is 2.73 bits per heavy atom. The van der Waals surface area contributed by atoms with Crippen LogP contribution in [-0.4, -0.2) is 30.1 Å². The minimum atomic E-state index is -4.74. The van der Waals surface area contributed by atoms with Gasteiger partial charge in [0.15, 0.2) is 11.6 Å². The number of carbonyl (C=O) groups excluding carboxylic acids is 2. The van der Waals surface area contributed by atoms with Gasteiger partial charge in [-0.3, -0.25) is 4.79 Å². The van der Waals surface area contributed by atoms with Crippen molar-refractivity contribution in [3.8, 4) is 6.07 Å². The summed E-state index contributed by atoms with van der Waals surface area (Å²) in [5, 5.41) is 18.6. The van der Waals surface area contributed by atoms with E-state index < -0.39 is 40.8 Å². The first kappa shape index (κ1) is 19.4. The number of alkyl halides is 3. The zero-order valence-corrected chi connectivity index (χ0v) is 13.9. The number of hydrogen-bond donors (Lipinski definition) is 1. The molecule has 7 nitrogen and oxygen atoms in total. The van der Waals surface area contributed by atoms with Crippen LogP contribution in [-0.2, 0) is 20.5 Å². The summed E-state index contributed by atoms with van der Waals surface area (Å²) in [5.41, 5.74) is -3.26. The largest absolute Gasteiger partial charge is 0.464 e. The summed E-state index contributed by atoms with van der Waals surface area (Å²) < 4.78 is 43.8. The number of amides is 1.